The third-order valence-electron chi connectivity index (χ3n) is 4.15. The number of piperidine rings is 1. The zero-order valence-electron chi connectivity index (χ0n) is 13.4. The van der Waals surface area contributed by atoms with Gasteiger partial charge in [-0.15, -0.1) is 0 Å². The van der Waals surface area contributed by atoms with Gasteiger partial charge in [-0.25, -0.2) is 0 Å². The average molecular weight is 275 g/mol. The van der Waals surface area contributed by atoms with E-state index in [1.807, 2.05) is 0 Å². The lowest BCUT2D eigenvalue weighted by Crippen LogP contribution is -2.37. The van der Waals surface area contributed by atoms with Crippen LogP contribution in [0.1, 0.15) is 38.2 Å². The Morgan fingerprint density at radius 2 is 2.15 bits per heavy atom. The maximum atomic E-state index is 3.64. The van der Waals surface area contributed by atoms with Crippen LogP contribution in [0.4, 0.5) is 11.4 Å². The second-order valence-corrected chi connectivity index (χ2v) is 6.32. The normalized spacial score (nSPS) is 20.5. The summed E-state index contributed by atoms with van der Waals surface area (Å²) in [6, 6.07) is 7.82. The van der Waals surface area contributed by atoms with E-state index < -0.39 is 0 Å². The summed E-state index contributed by atoms with van der Waals surface area (Å²) in [6.45, 7) is 5.63. The summed E-state index contributed by atoms with van der Waals surface area (Å²) in [5.74, 6) is 0. The highest BCUT2D eigenvalue weighted by Gasteiger charge is 2.15. The van der Waals surface area contributed by atoms with Crippen molar-refractivity contribution in [1.29, 1.82) is 0 Å². The van der Waals surface area contributed by atoms with E-state index in [1.165, 1.54) is 49.2 Å². The summed E-state index contributed by atoms with van der Waals surface area (Å²) in [6.07, 6.45) is 5.23. The molecule has 0 spiro atoms. The Balaban J connectivity index is 1.93. The predicted molar refractivity (Wildman–Crippen MR) is 88.8 cm³/mol. The summed E-state index contributed by atoms with van der Waals surface area (Å²) < 4.78 is 0. The Labute approximate surface area is 123 Å². The van der Waals surface area contributed by atoms with E-state index in [0.29, 0.717) is 12.1 Å². The minimum atomic E-state index is 0.503. The van der Waals surface area contributed by atoms with Crippen LogP contribution in [0, 0.1) is 6.92 Å². The zero-order chi connectivity index (χ0) is 14.5. The van der Waals surface area contributed by atoms with Crippen LogP contribution in [0.25, 0.3) is 0 Å². The number of anilines is 2. The van der Waals surface area contributed by atoms with E-state index in [-0.39, 0.29) is 0 Å². The monoisotopic (exact) mass is 275 g/mol. The molecule has 3 heteroatoms. The molecule has 2 rings (SSSR count). The lowest BCUT2D eigenvalue weighted by atomic mass is 9.98. The summed E-state index contributed by atoms with van der Waals surface area (Å²) >= 11 is 0. The van der Waals surface area contributed by atoms with Gasteiger partial charge in [0.2, 0.25) is 0 Å². The third-order valence-corrected chi connectivity index (χ3v) is 4.15. The van der Waals surface area contributed by atoms with Gasteiger partial charge in [0.25, 0.3) is 0 Å². The molecule has 0 amide bonds. The Hall–Kier alpha value is -1.22. The molecule has 1 fully saturated rings. The zero-order valence-corrected chi connectivity index (χ0v) is 13.4. The first kappa shape index (κ1) is 15.2. The molecule has 20 heavy (non-hydrogen) atoms. The molecule has 1 saturated heterocycles. The Morgan fingerprint density at radius 3 is 2.80 bits per heavy atom. The first-order valence-corrected chi connectivity index (χ1v) is 7.84. The highest BCUT2D eigenvalue weighted by atomic mass is 15.1. The van der Waals surface area contributed by atoms with Crippen LogP contribution in [0.2, 0.25) is 0 Å². The highest BCUT2D eigenvalue weighted by molar-refractivity contribution is 5.62. The van der Waals surface area contributed by atoms with E-state index >= 15 is 0 Å². The van der Waals surface area contributed by atoms with Gasteiger partial charge in [0.15, 0.2) is 0 Å². The molecule has 0 aliphatic carbocycles. The van der Waals surface area contributed by atoms with Gasteiger partial charge < -0.3 is 15.5 Å². The van der Waals surface area contributed by atoms with Crippen molar-refractivity contribution < 1.29 is 0 Å². The molecule has 1 heterocycles. The van der Waals surface area contributed by atoms with Gasteiger partial charge in [-0.2, -0.15) is 0 Å². The maximum Gasteiger partial charge on any atom is 0.0411 e. The van der Waals surface area contributed by atoms with Gasteiger partial charge in [-0.3, -0.25) is 0 Å². The Bertz CT molecular complexity index is 422. The SMILES string of the molecule is Cc1ccc(NC(C)CC2CCCCN2)cc1N(C)C. The Kier molecular flexibility index (Phi) is 5.30. The van der Waals surface area contributed by atoms with E-state index in [1.54, 1.807) is 0 Å². The van der Waals surface area contributed by atoms with Crippen molar-refractivity contribution in [2.24, 2.45) is 0 Å². The fraction of sp³-hybridized carbons (Fsp3) is 0.647. The van der Waals surface area contributed by atoms with Crippen molar-refractivity contribution in [2.75, 3.05) is 30.9 Å². The van der Waals surface area contributed by atoms with E-state index in [4.69, 9.17) is 0 Å². The number of hydrogen-bond acceptors (Lipinski definition) is 3. The molecular weight excluding hydrogens is 246 g/mol. The molecule has 1 aliphatic heterocycles. The van der Waals surface area contributed by atoms with Crippen molar-refractivity contribution in [3.8, 4) is 0 Å². The largest absolute Gasteiger partial charge is 0.382 e. The quantitative estimate of drug-likeness (QED) is 0.862. The van der Waals surface area contributed by atoms with Crippen LogP contribution in [0.15, 0.2) is 18.2 Å². The molecule has 2 N–H and O–H groups in total. The van der Waals surface area contributed by atoms with Crippen molar-refractivity contribution in [3.63, 3.8) is 0 Å². The van der Waals surface area contributed by atoms with Crippen molar-refractivity contribution in [2.45, 2.75) is 51.6 Å². The van der Waals surface area contributed by atoms with Crippen LogP contribution in [0.3, 0.4) is 0 Å². The smallest absolute Gasteiger partial charge is 0.0411 e. The van der Waals surface area contributed by atoms with Crippen molar-refractivity contribution in [1.82, 2.24) is 5.32 Å². The molecule has 0 bridgehead atoms. The lowest BCUT2D eigenvalue weighted by Gasteiger charge is -2.27. The summed E-state index contributed by atoms with van der Waals surface area (Å²) in [5, 5.41) is 7.27. The van der Waals surface area contributed by atoms with E-state index in [9.17, 15) is 0 Å². The lowest BCUT2D eigenvalue weighted by molar-refractivity contribution is 0.371. The second kappa shape index (κ2) is 6.98. The van der Waals surface area contributed by atoms with Crippen LogP contribution >= 0.6 is 0 Å². The Morgan fingerprint density at radius 1 is 1.35 bits per heavy atom. The van der Waals surface area contributed by atoms with Crippen LogP contribution in [-0.4, -0.2) is 32.7 Å². The van der Waals surface area contributed by atoms with Gasteiger partial charge >= 0.3 is 0 Å². The number of benzene rings is 1. The van der Waals surface area contributed by atoms with Crippen molar-refractivity contribution >= 4 is 11.4 Å². The maximum absolute atomic E-state index is 3.64. The molecular formula is C17H29N3. The molecule has 1 aliphatic rings. The molecule has 112 valence electrons. The standard InChI is InChI=1S/C17H29N3/c1-13-8-9-16(12-17(13)20(3)4)19-14(2)11-15-7-5-6-10-18-15/h8-9,12,14-15,18-19H,5-7,10-11H2,1-4H3. The molecule has 1 aromatic rings. The summed E-state index contributed by atoms with van der Waals surface area (Å²) in [7, 11) is 4.20. The molecule has 0 radical (unpaired) electrons. The molecule has 2 atom stereocenters. The number of nitrogens with zero attached hydrogens (tertiary/aromatic N) is 1. The molecule has 0 saturated carbocycles. The first-order chi connectivity index (χ1) is 9.56. The molecule has 3 nitrogen and oxygen atoms in total. The van der Waals surface area contributed by atoms with E-state index in [0.717, 1.165) is 0 Å². The third kappa shape index (κ3) is 4.14. The van der Waals surface area contributed by atoms with Gasteiger partial charge in [0.05, 0.1) is 0 Å². The molecule has 2 unspecified atom stereocenters. The predicted octanol–water partition coefficient (Wildman–Crippen LogP) is 3.39. The number of aryl methyl sites for hydroxylation is 1. The fourth-order valence-corrected chi connectivity index (χ4v) is 3.08. The molecule has 0 aromatic heterocycles. The average Bonchev–Trinajstić information content (AvgIpc) is 2.41. The summed E-state index contributed by atoms with van der Waals surface area (Å²) in [5.41, 5.74) is 3.84. The topological polar surface area (TPSA) is 27.3 Å². The molecule has 1 aromatic carbocycles. The fourth-order valence-electron chi connectivity index (χ4n) is 3.08. The van der Waals surface area contributed by atoms with E-state index in [2.05, 4.69) is 61.7 Å². The van der Waals surface area contributed by atoms with Gasteiger partial charge in [-0.05, 0) is 57.4 Å². The minimum Gasteiger partial charge on any atom is -0.382 e. The van der Waals surface area contributed by atoms with Crippen LogP contribution in [0.5, 0.6) is 0 Å². The first-order valence-electron chi connectivity index (χ1n) is 7.84. The van der Waals surface area contributed by atoms with Gasteiger partial charge in [0.1, 0.15) is 0 Å². The van der Waals surface area contributed by atoms with Crippen molar-refractivity contribution in [3.05, 3.63) is 23.8 Å². The van der Waals surface area contributed by atoms with Crippen LogP contribution in [-0.2, 0) is 0 Å². The van der Waals surface area contributed by atoms with Crippen LogP contribution < -0.4 is 15.5 Å². The number of hydrogen-bond donors (Lipinski definition) is 2. The summed E-state index contributed by atoms with van der Waals surface area (Å²) in [4.78, 5) is 2.17. The van der Waals surface area contributed by atoms with Gasteiger partial charge in [0, 0.05) is 37.6 Å². The second-order valence-electron chi connectivity index (χ2n) is 6.32. The number of rotatable bonds is 5. The highest BCUT2D eigenvalue weighted by Crippen LogP contribution is 2.23. The minimum absolute atomic E-state index is 0.503. The van der Waals surface area contributed by atoms with Gasteiger partial charge in [-0.1, -0.05) is 12.5 Å². The number of nitrogens with one attached hydrogen (secondary N) is 2.